The molecule has 1 heterocycles. The molecule has 0 unspecified atom stereocenters. The summed E-state index contributed by atoms with van der Waals surface area (Å²) >= 11 is 0. The van der Waals surface area contributed by atoms with Gasteiger partial charge >= 0.3 is 0 Å². The van der Waals surface area contributed by atoms with Crippen molar-refractivity contribution in [2.45, 2.75) is 0 Å². The second-order valence-corrected chi connectivity index (χ2v) is 10.5. The molecule has 0 aliphatic heterocycles. The molecule has 0 fully saturated rings. The Hall–Kier alpha value is -5.14. The molecule has 9 aromatic rings. The smallest absolute Gasteiger partial charge is 0.0626 e. The summed E-state index contributed by atoms with van der Waals surface area (Å²) in [7, 11) is 0. The van der Waals surface area contributed by atoms with Crippen LogP contribution >= 0.6 is 0 Å². The fourth-order valence-corrected chi connectivity index (χ4v) is 6.90. The summed E-state index contributed by atoms with van der Waals surface area (Å²) in [5, 5.41) is 15.5. The Bertz CT molecular complexity index is 2310. The summed E-state index contributed by atoms with van der Waals surface area (Å²) in [5.74, 6) is 0. The van der Waals surface area contributed by atoms with E-state index in [4.69, 9.17) is 0 Å². The predicted molar refractivity (Wildman–Crippen MR) is 168 cm³/mol. The van der Waals surface area contributed by atoms with E-state index in [9.17, 15) is 0 Å². The lowest BCUT2D eigenvalue weighted by atomic mass is 9.93. The van der Waals surface area contributed by atoms with Gasteiger partial charge in [-0.05, 0) is 55.2 Å². The number of hydrogen-bond donors (Lipinski definition) is 0. The highest BCUT2D eigenvalue weighted by Gasteiger charge is 2.22. The minimum atomic E-state index is 1.19. The fraction of sp³-hybridized carbons (Fsp3) is 0. The topological polar surface area (TPSA) is 4.93 Å². The summed E-state index contributed by atoms with van der Waals surface area (Å²) in [6.07, 6.45) is 0. The highest BCUT2D eigenvalue weighted by molar-refractivity contribution is 6.40. The Morgan fingerprint density at radius 1 is 0.308 bits per heavy atom. The first-order valence-electron chi connectivity index (χ1n) is 13.5. The molecule has 0 radical (unpaired) electrons. The van der Waals surface area contributed by atoms with Gasteiger partial charge in [0.1, 0.15) is 0 Å². The molecule has 0 saturated heterocycles. The summed E-state index contributed by atoms with van der Waals surface area (Å²) in [6, 6.07) is 51.2. The monoisotopic (exact) mass is 493 g/mol. The van der Waals surface area contributed by atoms with Crippen LogP contribution in [0.15, 0.2) is 140 Å². The molecule has 180 valence electrons. The van der Waals surface area contributed by atoms with Crippen LogP contribution in [-0.4, -0.2) is 4.57 Å². The summed E-state index contributed by atoms with van der Waals surface area (Å²) in [6.45, 7) is 0. The van der Waals surface area contributed by atoms with Gasteiger partial charge in [-0.25, -0.2) is 0 Å². The third kappa shape index (κ3) is 2.74. The van der Waals surface area contributed by atoms with Gasteiger partial charge in [0.15, 0.2) is 0 Å². The molecule has 1 aromatic heterocycles. The van der Waals surface area contributed by atoms with Gasteiger partial charge in [-0.1, -0.05) is 127 Å². The van der Waals surface area contributed by atoms with Crippen LogP contribution in [0.2, 0.25) is 0 Å². The quantitative estimate of drug-likeness (QED) is 0.200. The van der Waals surface area contributed by atoms with Gasteiger partial charge in [0.2, 0.25) is 0 Å². The van der Waals surface area contributed by atoms with Crippen molar-refractivity contribution in [3.05, 3.63) is 140 Å². The molecule has 39 heavy (non-hydrogen) atoms. The SMILES string of the molecule is c1ccc2cc(-n3c4c5ccccc5c5ccccc5c4c4c5ccccc5c5ccccc5c43)ccc2c1. The lowest BCUT2D eigenvalue weighted by Crippen LogP contribution is -1.96. The van der Waals surface area contributed by atoms with Crippen LogP contribution in [0, 0.1) is 0 Å². The van der Waals surface area contributed by atoms with Gasteiger partial charge in [-0.15, -0.1) is 0 Å². The summed E-state index contributed by atoms with van der Waals surface area (Å²) < 4.78 is 2.54. The average Bonchev–Trinajstić information content (AvgIpc) is 3.38. The molecule has 0 spiro atoms. The largest absolute Gasteiger partial charge is 0.308 e. The zero-order valence-corrected chi connectivity index (χ0v) is 21.2. The molecule has 0 bridgehead atoms. The van der Waals surface area contributed by atoms with E-state index in [0.29, 0.717) is 0 Å². The van der Waals surface area contributed by atoms with Crippen molar-refractivity contribution < 1.29 is 0 Å². The molecule has 8 aromatic carbocycles. The maximum atomic E-state index is 2.54. The lowest BCUT2D eigenvalue weighted by molar-refractivity contribution is 1.20. The Morgan fingerprint density at radius 2 is 0.692 bits per heavy atom. The second kappa shape index (κ2) is 7.69. The van der Waals surface area contributed by atoms with E-state index in [-0.39, 0.29) is 0 Å². The van der Waals surface area contributed by atoms with Crippen molar-refractivity contribution in [3.63, 3.8) is 0 Å². The highest BCUT2D eigenvalue weighted by atomic mass is 15.0. The maximum Gasteiger partial charge on any atom is 0.0626 e. The molecule has 0 atom stereocenters. The van der Waals surface area contributed by atoms with E-state index in [2.05, 4.69) is 144 Å². The van der Waals surface area contributed by atoms with Crippen LogP contribution in [0.25, 0.3) is 81.4 Å². The molecule has 1 nitrogen and oxygen atoms in total. The lowest BCUT2D eigenvalue weighted by Gasteiger charge is -2.14. The molecule has 0 aliphatic rings. The van der Waals surface area contributed by atoms with Gasteiger partial charge in [0.05, 0.1) is 11.0 Å². The third-order valence-corrected chi connectivity index (χ3v) is 8.50. The molecular formula is C38H23N. The van der Waals surface area contributed by atoms with Gasteiger partial charge in [0, 0.05) is 27.2 Å². The average molecular weight is 494 g/mol. The first kappa shape index (κ1) is 20.9. The first-order chi connectivity index (χ1) is 19.4. The summed E-state index contributed by atoms with van der Waals surface area (Å²) in [5.41, 5.74) is 3.74. The fourth-order valence-electron chi connectivity index (χ4n) is 6.90. The highest BCUT2D eigenvalue weighted by Crippen LogP contribution is 2.47. The van der Waals surface area contributed by atoms with E-state index in [1.54, 1.807) is 0 Å². The molecular weight excluding hydrogens is 470 g/mol. The number of rotatable bonds is 1. The molecule has 0 saturated carbocycles. The van der Waals surface area contributed by atoms with Gasteiger partial charge in [-0.2, -0.15) is 0 Å². The van der Waals surface area contributed by atoms with Crippen LogP contribution in [0.3, 0.4) is 0 Å². The Kier molecular flexibility index (Phi) is 4.11. The van der Waals surface area contributed by atoms with Gasteiger partial charge in [0.25, 0.3) is 0 Å². The van der Waals surface area contributed by atoms with E-state index in [1.165, 1.54) is 81.4 Å². The van der Waals surface area contributed by atoms with Crippen LogP contribution in [0.4, 0.5) is 0 Å². The van der Waals surface area contributed by atoms with Crippen molar-refractivity contribution in [1.29, 1.82) is 0 Å². The number of nitrogens with zero attached hydrogens (tertiary/aromatic N) is 1. The van der Waals surface area contributed by atoms with Crippen molar-refractivity contribution in [2.75, 3.05) is 0 Å². The van der Waals surface area contributed by atoms with Crippen molar-refractivity contribution in [3.8, 4) is 5.69 Å². The predicted octanol–water partition coefficient (Wildman–Crippen LogP) is 10.5. The van der Waals surface area contributed by atoms with Crippen LogP contribution in [0.5, 0.6) is 0 Å². The van der Waals surface area contributed by atoms with Gasteiger partial charge in [-0.3, -0.25) is 0 Å². The Morgan fingerprint density at radius 3 is 1.21 bits per heavy atom. The zero-order valence-electron chi connectivity index (χ0n) is 21.2. The minimum Gasteiger partial charge on any atom is -0.308 e. The number of fused-ring (bicyclic) bond motifs is 14. The van der Waals surface area contributed by atoms with Crippen LogP contribution < -0.4 is 0 Å². The van der Waals surface area contributed by atoms with E-state index < -0.39 is 0 Å². The standard InChI is InChI=1S/C38H23N/c1-2-12-25-23-26(22-21-24(25)11-1)39-37-33-19-9-5-15-29(33)27-13-3-7-17-31(27)35(37)36-32-18-8-4-14-28(32)30-16-6-10-20-34(30)38(36)39/h1-23H. The molecule has 0 amide bonds. The van der Waals surface area contributed by atoms with E-state index in [0.717, 1.165) is 0 Å². The van der Waals surface area contributed by atoms with Crippen LogP contribution in [-0.2, 0) is 0 Å². The van der Waals surface area contributed by atoms with Crippen molar-refractivity contribution in [2.24, 2.45) is 0 Å². The minimum absolute atomic E-state index is 1.19. The zero-order chi connectivity index (χ0) is 25.5. The first-order valence-corrected chi connectivity index (χ1v) is 13.5. The Balaban J connectivity index is 1.68. The summed E-state index contributed by atoms with van der Waals surface area (Å²) in [4.78, 5) is 0. The number of aromatic nitrogens is 1. The van der Waals surface area contributed by atoms with Crippen molar-refractivity contribution in [1.82, 2.24) is 4.57 Å². The molecule has 9 rings (SSSR count). The normalized spacial score (nSPS) is 12.1. The van der Waals surface area contributed by atoms with Gasteiger partial charge < -0.3 is 4.57 Å². The van der Waals surface area contributed by atoms with E-state index in [1.807, 2.05) is 0 Å². The molecule has 1 heteroatoms. The van der Waals surface area contributed by atoms with Crippen molar-refractivity contribution >= 4 is 75.7 Å². The van der Waals surface area contributed by atoms with E-state index >= 15 is 0 Å². The molecule has 0 N–H and O–H groups in total. The molecule has 0 aliphatic carbocycles. The number of benzene rings is 8. The Labute approximate surface area is 225 Å². The maximum absolute atomic E-state index is 2.54. The number of hydrogen-bond acceptors (Lipinski definition) is 0. The third-order valence-electron chi connectivity index (χ3n) is 8.50. The second-order valence-electron chi connectivity index (χ2n) is 10.5. The van der Waals surface area contributed by atoms with Crippen LogP contribution in [0.1, 0.15) is 0 Å².